The van der Waals surface area contributed by atoms with Crippen molar-refractivity contribution in [3.8, 4) is 0 Å². The van der Waals surface area contributed by atoms with Crippen molar-refractivity contribution in [3.05, 3.63) is 20.6 Å². The van der Waals surface area contributed by atoms with Crippen LogP contribution in [0.15, 0.2) is 13.8 Å². The molecule has 0 saturated heterocycles. The van der Waals surface area contributed by atoms with Crippen LogP contribution in [-0.4, -0.2) is 11.4 Å². The summed E-state index contributed by atoms with van der Waals surface area (Å²) in [6, 6.07) is 0. The van der Waals surface area contributed by atoms with E-state index in [9.17, 15) is 4.79 Å². The van der Waals surface area contributed by atoms with Gasteiger partial charge in [-0.3, -0.25) is 4.79 Å². The van der Waals surface area contributed by atoms with Crippen molar-refractivity contribution in [1.29, 1.82) is 0 Å². The van der Waals surface area contributed by atoms with E-state index < -0.39 is 0 Å². The van der Waals surface area contributed by atoms with Crippen LogP contribution in [0, 0.1) is 0 Å². The summed E-state index contributed by atoms with van der Waals surface area (Å²) < 4.78 is 5.33. The van der Waals surface area contributed by atoms with Crippen LogP contribution in [0.2, 0.25) is 0 Å². The first-order valence-corrected chi connectivity index (χ1v) is 4.79. The lowest BCUT2D eigenvalue weighted by Gasteiger charge is -1.87. The lowest BCUT2D eigenvalue weighted by molar-refractivity contribution is 0.389. The lowest BCUT2D eigenvalue weighted by Crippen LogP contribution is -1.97. The highest BCUT2D eigenvalue weighted by molar-refractivity contribution is 9.10. The van der Waals surface area contributed by atoms with Crippen LogP contribution < -0.4 is 5.56 Å². The van der Waals surface area contributed by atoms with Gasteiger partial charge in [-0.05, 0) is 22.2 Å². The zero-order valence-corrected chi connectivity index (χ0v) is 7.71. The largest absolute Gasteiger partial charge is 0.381 e. The molecule has 1 aromatic heterocycles. The van der Waals surface area contributed by atoms with Gasteiger partial charge in [0.25, 0.3) is 5.56 Å². The summed E-state index contributed by atoms with van der Waals surface area (Å²) in [5.74, 6) is 1.37. The molecule has 10 heavy (non-hydrogen) atoms. The number of hydrogen-bond acceptors (Lipinski definition) is 3. The molecule has 3 nitrogen and oxygen atoms in total. The number of aromatic amines is 1. The van der Waals surface area contributed by atoms with Gasteiger partial charge in [-0.1, -0.05) is 0 Å². The molecule has 5 heteroatoms. The summed E-state index contributed by atoms with van der Waals surface area (Å²) in [5.41, 5.74) is -0.205. The van der Waals surface area contributed by atoms with Crippen LogP contribution >= 0.6 is 27.7 Å². The van der Waals surface area contributed by atoms with Gasteiger partial charge >= 0.3 is 0 Å². The Morgan fingerprint density at radius 3 is 2.90 bits per heavy atom. The summed E-state index contributed by atoms with van der Waals surface area (Å²) >= 11 is 4.70. The van der Waals surface area contributed by atoms with E-state index in [1.807, 2.05) is 6.26 Å². The fourth-order valence-electron chi connectivity index (χ4n) is 0.548. The highest BCUT2D eigenvalue weighted by Gasteiger charge is 2.07. The minimum atomic E-state index is -0.205. The summed E-state index contributed by atoms with van der Waals surface area (Å²) in [7, 11) is 0. The maximum atomic E-state index is 10.7. The Morgan fingerprint density at radius 1 is 1.80 bits per heavy atom. The van der Waals surface area contributed by atoms with E-state index >= 15 is 0 Å². The predicted octanol–water partition coefficient (Wildman–Crippen LogP) is 1.59. The first-order chi connectivity index (χ1) is 4.75. The fraction of sp³-hybridized carbons (Fsp3) is 0.400. The molecular formula is C5H6BrNO2S. The molecule has 0 aliphatic rings. The molecule has 1 aromatic rings. The maximum Gasteiger partial charge on any atom is 0.294 e. The second-order valence-corrected chi connectivity index (χ2v) is 3.36. The van der Waals surface area contributed by atoms with Crippen molar-refractivity contribution in [2.75, 3.05) is 6.26 Å². The van der Waals surface area contributed by atoms with Crippen LogP contribution in [0.25, 0.3) is 0 Å². The molecule has 0 aliphatic carbocycles. The quantitative estimate of drug-likeness (QED) is 0.829. The molecule has 0 spiro atoms. The third-order valence-corrected chi connectivity index (χ3v) is 2.34. The van der Waals surface area contributed by atoms with Crippen molar-refractivity contribution in [3.63, 3.8) is 0 Å². The molecule has 0 aliphatic heterocycles. The topological polar surface area (TPSA) is 46.0 Å². The fourth-order valence-corrected chi connectivity index (χ4v) is 1.50. The third kappa shape index (κ3) is 1.46. The second-order valence-electron chi connectivity index (χ2n) is 1.70. The monoisotopic (exact) mass is 223 g/mol. The molecular weight excluding hydrogens is 218 g/mol. The van der Waals surface area contributed by atoms with Crippen LogP contribution in [0.3, 0.4) is 0 Å². The number of thioether (sulfide) groups is 1. The Morgan fingerprint density at radius 2 is 2.50 bits per heavy atom. The van der Waals surface area contributed by atoms with E-state index in [0.717, 1.165) is 0 Å². The SMILES string of the molecule is CSCc1o[nH]c(=O)c1Br. The molecule has 0 radical (unpaired) electrons. The highest BCUT2D eigenvalue weighted by atomic mass is 79.9. The zero-order valence-electron chi connectivity index (χ0n) is 5.31. The molecule has 1 heterocycles. The highest BCUT2D eigenvalue weighted by Crippen LogP contribution is 2.15. The van der Waals surface area contributed by atoms with Crippen LogP contribution in [0.5, 0.6) is 0 Å². The van der Waals surface area contributed by atoms with Crippen molar-refractivity contribution in [2.45, 2.75) is 5.75 Å². The van der Waals surface area contributed by atoms with E-state index in [1.165, 1.54) is 0 Å². The number of H-pyrrole nitrogens is 1. The Bertz CT molecular complexity index is 267. The van der Waals surface area contributed by atoms with Gasteiger partial charge in [0.2, 0.25) is 0 Å². The molecule has 1 rings (SSSR count). The van der Waals surface area contributed by atoms with E-state index in [1.54, 1.807) is 11.8 Å². The second kappa shape index (κ2) is 3.30. The molecule has 0 saturated carbocycles. The first kappa shape index (κ1) is 7.94. The number of nitrogens with one attached hydrogen (secondary N) is 1. The first-order valence-electron chi connectivity index (χ1n) is 2.60. The maximum absolute atomic E-state index is 10.7. The average molecular weight is 224 g/mol. The predicted molar refractivity (Wildman–Crippen MR) is 44.2 cm³/mol. The summed E-state index contributed by atoms with van der Waals surface area (Å²) in [6.07, 6.45) is 1.94. The smallest absolute Gasteiger partial charge is 0.294 e. The molecule has 0 bridgehead atoms. The molecule has 56 valence electrons. The Labute approximate surface area is 70.3 Å². The molecule has 0 atom stereocenters. The average Bonchev–Trinajstić information content (AvgIpc) is 2.20. The van der Waals surface area contributed by atoms with Crippen LogP contribution in [0.4, 0.5) is 0 Å². The number of halogens is 1. The number of hydrogen-bond donors (Lipinski definition) is 1. The van der Waals surface area contributed by atoms with Gasteiger partial charge in [-0.25, -0.2) is 0 Å². The van der Waals surface area contributed by atoms with E-state index in [0.29, 0.717) is 16.0 Å². The van der Waals surface area contributed by atoms with Gasteiger partial charge in [0.1, 0.15) is 4.47 Å². The summed E-state index contributed by atoms with van der Waals surface area (Å²) in [6.45, 7) is 0. The minimum absolute atomic E-state index is 0.205. The Kier molecular flexibility index (Phi) is 2.62. The number of rotatable bonds is 2. The van der Waals surface area contributed by atoms with Crippen LogP contribution in [0.1, 0.15) is 5.76 Å². The number of aromatic nitrogens is 1. The van der Waals surface area contributed by atoms with E-state index in [2.05, 4.69) is 21.1 Å². The van der Waals surface area contributed by atoms with Gasteiger partial charge in [0.15, 0.2) is 5.76 Å². The normalized spacial score (nSPS) is 10.2. The summed E-state index contributed by atoms with van der Waals surface area (Å²) in [5, 5.41) is 2.23. The molecule has 0 aromatic carbocycles. The van der Waals surface area contributed by atoms with E-state index in [4.69, 9.17) is 4.52 Å². The third-order valence-electron chi connectivity index (χ3n) is 0.987. The summed E-state index contributed by atoms with van der Waals surface area (Å²) in [4.78, 5) is 10.7. The van der Waals surface area contributed by atoms with Gasteiger partial charge in [-0.15, -0.1) is 0 Å². The van der Waals surface area contributed by atoms with Crippen molar-refractivity contribution >= 4 is 27.7 Å². The minimum Gasteiger partial charge on any atom is -0.381 e. The van der Waals surface area contributed by atoms with Crippen molar-refractivity contribution in [1.82, 2.24) is 5.16 Å². The van der Waals surface area contributed by atoms with Gasteiger partial charge in [-0.2, -0.15) is 16.9 Å². The van der Waals surface area contributed by atoms with Crippen molar-refractivity contribution in [2.24, 2.45) is 0 Å². The molecule has 1 N–H and O–H groups in total. The standard InChI is InChI=1S/C5H6BrNO2S/c1-10-2-3-4(6)5(8)7-9-3/h2H2,1H3,(H,7,8). The lowest BCUT2D eigenvalue weighted by atomic mass is 10.5. The molecule has 0 amide bonds. The van der Waals surface area contributed by atoms with Crippen LogP contribution in [-0.2, 0) is 5.75 Å². The van der Waals surface area contributed by atoms with Gasteiger partial charge in [0, 0.05) is 0 Å². The van der Waals surface area contributed by atoms with Crippen molar-refractivity contribution < 1.29 is 4.52 Å². The zero-order chi connectivity index (χ0) is 7.56. The van der Waals surface area contributed by atoms with Gasteiger partial charge in [0.05, 0.1) is 5.75 Å². The Balaban J connectivity index is 2.94. The van der Waals surface area contributed by atoms with Gasteiger partial charge < -0.3 is 4.52 Å². The van der Waals surface area contributed by atoms with E-state index in [-0.39, 0.29) is 5.56 Å². The molecule has 0 unspecified atom stereocenters. The Hall–Kier alpha value is -0.160. The molecule has 0 fully saturated rings.